The van der Waals surface area contributed by atoms with Crippen LogP contribution in [0.4, 0.5) is 0 Å². The number of aliphatic hydroxyl groups is 1. The van der Waals surface area contributed by atoms with Gasteiger partial charge in [0, 0.05) is 6.42 Å². The van der Waals surface area contributed by atoms with E-state index < -0.39 is 20.0 Å². The average molecular weight is 1010 g/mol. The van der Waals surface area contributed by atoms with E-state index in [2.05, 4.69) is 19.2 Å². The predicted molar refractivity (Wildman–Crippen MR) is 303 cm³/mol. The zero-order valence-electron chi connectivity index (χ0n) is 48.0. The average Bonchev–Trinajstić information content (AvgIpc) is 3.32. The summed E-state index contributed by atoms with van der Waals surface area (Å²) in [4.78, 5) is 25.4. The van der Waals surface area contributed by atoms with Crippen molar-refractivity contribution in [2.45, 2.75) is 347 Å². The van der Waals surface area contributed by atoms with Gasteiger partial charge >= 0.3 is 0 Å². The fourth-order valence-electron chi connectivity index (χ4n) is 9.93. The summed E-state index contributed by atoms with van der Waals surface area (Å²) >= 11 is 0. The SMILES string of the molecule is CCCCCCCCCCCCCCCCCCCCCCCCCCCCCCCCCCCCCCCCCCC(=O)NC(COP(=O)([O-])OCC[N+](C)(C)C)C(O)CCCCCCCCCC. The van der Waals surface area contributed by atoms with Crippen LogP contribution in [-0.4, -0.2) is 68.5 Å². The lowest BCUT2D eigenvalue weighted by Gasteiger charge is -2.30. The van der Waals surface area contributed by atoms with Crippen LogP contribution in [0, 0.1) is 0 Å². The van der Waals surface area contributed by atoms with Crippen molar-refractivity contribution in [3.8, 4) is 0 Å². The van der Waals surface area contributed by atoms with Crippen molar-refractivity contribution in [1.29, 1.82) is 0 Å². The first kappa shape index (κ1) is 69.5. The minimum absolute atomic E-state index is 0.0158. The Bertz CT molecular complexity index is 1100. The van der Waals surface area contributed by atoms with Gasteiger partial charge in [0.05, 0.1) is 39.9 Å². The Labute approximate surface area is 438 Å². The van der Waals surface area contributed by atoms with E-state index in [1.807, 2.05) is 21.1 Å². The van der Waals surface area contributed by atoms with Gasteiger partial charge in [-0.1, -0.05) is 316 Å². The second-order valence-corrected chi connectivity index (χ2v) is 24.5. The first-order valence-corrected chi connectivity index (χ1v) is 32.8. The van der Waals surface area contributed by atoms with Crippen molar-refractivity contribution >= 4 is 13.7 Å². The van der Waals surface area contributed by atoms with Gasteiger partial charge in [0.1, 0.15) is 13.2 Å². The monoisotopic (exact) mass is 1010 g/mol. The third-order valence-corrected chi connectivity index (χ3v) is 15.8. The van der Waals surface area contributed by atoms with Crippen molar-refractivity contribution in [3.63, 3.8) is 0 Å². The number of aliphatic hydroxyl groups excluding tert-OH is 1. The number of phosphoric ester groups is 1. The normalized spacial score (nSPS) is 13.8. The molecule has 8 nitrogen and oxygen atoms in total. The molecule has 0 spiro atoms. The molecule has 3 unspecified atom stereocenters. The van der Waals surface area contributed by atoms with Crippen molar-refractivity contribution in [2.75, 3.05) is 40.9 Å². The van der Waals surface area contributed by atoms with Crippen LogP contribution in [-0.2, 0) is 18.4 Å². The maximum atomic E-state index is 12.9. The second-order valence-electron chi connectivity index (χ2n) is 23.1. The number of quaternary nitrogens is 1. The van der Waals surface area contributed by atoms with Crippen LogP contribution in [0.5, 0.6) is 0 Å². The third-order valence-electron chi connectivity index (χ3n) is 14.8. The standard InChI is InChI=1S/C61H125N2O6P/c1-6-8-10-12-14-16-17-18-19-20-21-22-23-24-25-26-27-28-29-30-31-32-33-34-35-36-37-38-39-40-41-42-43-44-45-46-47-49-51-53-55-61(65)62-59(58-69-70(66,67)68-57-56-63(3,4)5)60(64)54-52-50-48-15-13-11-9-7-2/h59-60,64H,6-58H2,1-5H3,(H-,62,65,66,67). The van der Waals surface area contributed by atoms with Crippen LogP contribution in [0.1, 0.15) is 335 Å². The Kier molecular flexibility index (Phi) is 52.9. The lowest BCUT2D eigenvalue weighted by molar-refractivity contribution is -0.870. The molecule has 0 radical (unpaired) electrons. The summed E-state index contributed by atoms with van der Waals surface area (Å²) in [6.07, 6.45) is 65.0. The van der Waals surface area contributed by atoms with E-state index in [4.69, 9.17) is 9.05 Å². The maximum absolute atomic E-state index is 12.9. The molecule has 0 bridgehead atoms. The molecular weight excluding hydrogens is 888 g/mol. The van der Waals surface area contributed by atoms with E-state index in [0.717, 1.165) is 38.5 Å². The number of phosphoric acid groups is 1. The van der Waals surface area contributed by atoms with Gasteiger partial charge in [-0.05, 0) is 12.8 Å². The van der Waals surface area contributed by atoms with Crippen molar-refractivity contribution < 1.29 is 32.9 Å². The zero-order chi connectivity index (χ0) is 51.3. The quantitative estimate of drug-likeness (QED) is 0.0357. The highest BCUT2D eigenvalue weighted by Crippen LogP contribution is 2.38. The van der Waals surface area contributed by atoms with Crippen molar-refractivity contribution in [2.24, 2.45) is 0 Å². The molecule has 0 aromatic heterocycles. The summed E-state index contributed by atoms with van der Waals surface area (Å²) in [6.45, 7) is 4.73. The van der Waals surface area contributed by atoms with Crippen molar-refractivity contribution in [3.05, 3.63) is 0 Å². The lowest BCUT2D eigenvalue weighted by Crippen LogP contribution is -2.46. The number of unbranched alkanes of at least 4 members (excludes halogenated alkanes) is 46. The van der Waals surface area contributed by atoms with E-state index in [1.165, 1.54) is 270 Å². The number of carbonyl (C=O) groups is 1. The van der Waals surface area contributed by atoms with Crippen LogP contribution in [0.3, 0.4) is 0 Å². The number of hydrogen-bond acceptors (Lipinski definition) is 6. The van der Waals surface area contributed by atoms with Gasteiger partial charge in [0.25, 0.3) is 7.82 Å². The number of likely N-dealkylation sites (N-methyl/N-ethyl adjacent to an activating group) is 1. The van der Waals surface area contributed by atoms with E-state index in [0.29, 0.717) is 23.9 Å². The van der Waals surface area contributed by atoms with Gasteiger partial charge in [-0.2, -0.15) is 0 Å². The fourth-order valence-corrected chi connectivity index (χ4v) is 10.7. The zero-order valence-corrected chi connectivity index (χ0v) is 48.9. The van der Waals surface area contributed by atoms with Gasteiger partial charge in [0.2, 0.25) is 5.91 Å². The first-order valence-electron chi connectivity index (χ1n) is 31.4. The summed E-state index contributed by atoms with van der Waals surface area (Å²) in [6, 6.07) is -0.793. The third kappa shape index (κ3) is 55.3. The van der Waals surface area contributed by atoms with E-state index >= 15 is 0 Å². The minimum Gasteiger partial charge on any atom is -0.756 e. The maximum Gasteiger partial charge on any atom is 0.268 e. The Morgan fingerprint density at radius 3 is 0.971 bits per heavy atom. The second kappa shape index (κ2) is 53.3. The molecule has 0 aliphatic carbocycles. The minimum atomic E-state index is -4.56. The Balaban J connectivity index is 3.67. The molecule has 3 atom stereocenters. The molecule has 0 aliphatic rings. The molecular formula is C61H125N2O6P. The molecule has 0 aromatic rings. The molecule has 1 amide bonds. The highest BCUT2D eigenvalue weighted by atomic mass is 31.2. The molecule has 0 saturated carbocycles. The van der Waals surface area contributed by atoms with E-state index in [1.54, 1.807) is 0 Å². The molecule has 2 N–H and O–H groups in total. The topological polar surface area (TPSA) is 108 Å². The van der Waals surface area contributed by atoms with Crippen LogP contribution in [0.2, 0.25) is 0 Å². The van der Waals surface area contributed by atoms with Crippen LogP contribution in [0.15, 0.2) is 0 Å². The molecule has 70 heavy (non-hydrogen) atoms. The Hall–Kier alpha value is -0.500. The van der Waals surface area contributed by atoms with Gasteiger partial charge < -0.3 is 28.8 Å². The van der Waals surface area contributed by atoms with Gasteiger partial charge in [0.15, 0.2) is 0 Å². The highest BCUT2D eigenvalue weighted by Gasteiger charge is 2.24. The molecule has 9 heteroatoms. The highest BCUT2D eigenvalue weighted by molar-refractivity contribution is 7.45. The summed E-state index contributed by atoms with van der Waals surface area (Å²) in [7, 11) is 1.32. The molecule has 0 saturated heterocycles. The molecule has 0 aromatic carbocycles. The first-order chi connectivity index (χ1) is 34.0. The number of hydrogen-bond donors (Lipinski definition) is 2. The molecule has 0 rings (SSSR count). The van der Waals surface area contributed by atoms with E-state index in [9.17, 15) is 19.4 Å². The summed E-state index contributed by atoms with van der Waals surface area (Å²) in [5.74, 6) is -0.160. The number of carbonyl (C=O) groups excluding carboxylic acids is 1. The van der Waals surface area contributed by atoms with Gasteiger partial charge in [-0.15, -0.1) is 0 Å². The Morgan fingerprint density at radius 2 is 0.700 bits per heavy atom. The summed E-state index contributed by atoms with van der Waals surface area (Å²) in [5.41, 5.74) is 0. The number of nitrogens with one attached hydrogen (secondary N) is 1. The lowest BCUT2D eigenvalue weighted by atomic mass is 10.0. The largest absolute Gasteiger partial charge is 0.756 e. The van der Waals surface area contributed by atoms with Crippen LogP contribution >= 0.6 is 7.82 Å². The predicted octanol–water partition coefficient (Wildman–Crippen LogP) is 18.6. The van der Waals surface area contributed by atoms with Gasteiger partial charge in [-0.3, -0.25) is 9.36 Å². The number of nitrogens with zero attached hydrogens (tertiary/aromatic N) is 1. The van der Waals surface area contributed by atoms with Gasteiger partial charge in [-0.25, -0.2) is 0 Å². The van der Waals surface area contributed by atoms with Crippen LogP contribution < -0.4 is 10.2 Å². The number of rotatable bonds is 59. The molecule has 420 valence electrons. The van der Waals surface area contributed by atoms with Crippen LogP contribution in [0.25, 0.3) is 0 Å². The van der Waals surface area contributed by atoms with E-state index in [-0.39, 0.29) is 19.1 Å². The molecule has 0 heterocycles. The summed E-state index contributed by atoms with van der Waals surface area (Å²) in [5, 5.41) is 13.9. The molecule has 0 aliphatic heterocycles. The number of amides is 1. The fraction of sp³-hybridized carbons (Fsp3) is 0.984. The Morgan fingerprint density at radius 1 is 0.443 bits per heavy atom. The molecule has 0 fully saturated rings. The summed E-state index contributed by atoms with van der Waals surface area (Å²) < 4.78 is 23.3. The van der Waals surface area contributed by atoms with Crippen molar-refractivity contribution in [1.82, 2.24) is 5.32 Å². The smallest absolute Gasteiger partial charge is 0.268 e.